The maximum absolute atomic E-state index is 13.5. The number of aliphatic hydroxyl groups is 1. The summed E-state index contributed by atoms with van der Waals surface area (Å²) in [5.74, 6) is 1.71. The van der Waals surface area contributed by atoms with Crippen molar-refractivity contribution in [2.45, 2.75) is 50.7 Å². The molecule has 2 aromatic heterocycles. The number of piperidine rings is 2. The van der Waals surface area contributed by atoms with Crippen LogP contribution in [-0.2, 0) is 16.7 Å². The summed E-state index contributed by atoms with van der Waals surface area (Å²) in [5.41, 5.74) is 5.17. The van der Waals surface area contributed by atoms with Crippen LogP contribution < -0.4 is 29.6 Å². The van der Waals surface area contributed by atoms with Gasteiger partial charge in [0.15, 0.2) is 0 Å². The quantitative estimate of drug-likeness (QED) is 0.114. The van der Waals surface area contributed by atoms with Gasteiger partial charge in [0.05, 0.1) is 51.7 Å². The third kappa shape index (κ3) is 10.8. The summed E-state index contributed by atoms with van der Waals surface area (Å²) < 4.78 is 31.2. The number of aliphatic hydroxyl groups excluding tert-OH is 1. The molecule has 0 unspecified atom stereocenters. The van der Waals surface area contributed by atoms with Crippen molar-refractivity contribution in [3.05, 3.63) is 153 Å². The van der Waals surface area contributed by atoms with Gasteiger partial charge in [-0.05, 0) is 96.9 Å². The third-order valence-electron chi connectivity index (χ3n) is 11.8. The number of carbonyl (C=O) groups is 2. The van der Waals surface area contributed by atoms with Crippen LogP contribution in [0.5, 0.6) is 0 Å². The van der Waals surface area contributed by atoms with Gasteiger partial charge in [-0.25, -0.2) is 18.7 Å². The van der Waals surface area contributed by atoms with Gasteiger partial charge in [0.1, 0.15) is 23.0 Å². The molecule has 2 saturated heterocycles. The Labute approximate surface area is 401 Å². The average molecular weight is 950 g/mol. The first-order valence-electron chi connectivity index (χ1n) is 20.5. The number of hydrogen-bond donors (Lipinski definition) is 1. The van der Waals surface area contributed by atoms with Crippen LogP contribution in [0.25, 0.3) is 20.9 Å². The first-order chi connectivity index (χ1) is 29.6. The first-order valence-corrected chi connectivity index (χ1v) is 23.3. The molecule has 0 spiro atoms. The average Bonchev–Trinajstić information content (AvgIpc) is 4.02. The molecule has 0 bridgehead atoms. The van der Waals surface area contributed by atoms with Gasteiger partial charge in [-0.2, -0.15) is 0 Å². The van der Waals surface area contributed by atoms with Crippen molar-refractivity contribution in [3.8, 4) is 20.9 Å². The van der Waals surface area contributed by atoms with Crippen molar-refractivity contribution in [2.75, 3.05) is 26.3 Å². The fourth-order valence-corrected chi connectivity index (χ4v) is 10.7. The van der Waals surface area contributed by atoms with Crippen LogP contribution in [0.2, 0.25) is 0 Å². The molecular weight excluding hydrogens is 902 g/mol. The molecule has 2 aliphatic carbocycles. The standard InChI is InChI=1S/C24H23FN2O2S.C17H18N2O2S.C7H6BrF.Na.H/c1-15-26-22(23(30-15)17-5-3-2-4-6-17)24(28)27-12-18-11-20(18)21(27)14-29-13-16-7-9-19(25)10-8-16;1-10-18-15(16(22-10)11-5-3-2-4-6-11)17(21)19-8-12-7-13(12)14(19)9-20;8-5-6-1-3-7(9)4-2-6;;/h2-10,18,20-21H,11-14H2,1H3;2-6,12-14,20H,7-9H2,1H3;1-4H,5H2;;/q;;;+1;-1/t18-,20-,21-;12-,13-,14-;;;/m11.../s1. The second-order valence-electron chi connectivity index (χ2n) is 16.0. The van der Waals surface area contributed by atoms with Gasteiger partial charge < -0.3 is 21.1 Å². The molecule has 6 atom stereocenters. The third-order valence-corrected chi connectivity index (χ3v) is 14.5. The SMILES string of the molecule is Cc1nc(C(=O)N2C[C@H]3C[C@H]3[C@H]2CO)c(-c2ccccc2)s1.Cc1nc(C(=O)N2C[C@H]3C[C@H]3[C@H]2COCc2ccc(F)cc2)c(-c2ccccc2)s1.Fc1ccc(CBr)cc1.[H-].[Na+]. The van der Waals surface area contributed by atoms with Crippen LogP contribution in [0.1, 0.15) is 56.4 Å². The number of hydrogen-bond acceptors (Lipinski definition) is 8. The van der Waals surface area contributed by atoms with E-state index in [0.717, 1.165) is 73.3 Å². The normalized spacial score (nSPS) is 21.4. The molecule has 2 amide bonds. The summed E-state index contributed by atoms with van der Waals surface area (Å²) in [5, 5.41) is 12.2. The molecule has 4 fully saturated rings. The molecule has 0 radical (unpaired) electrons. The number of rotatable bonds is 10. The summed E-state index contributed by atoms with van der Waals surface area (Å²) in [6, 6.07) is 32.7. The van der Waals surface area contributed by atoms with Gasteiger partial charge >= 0.3 is 29.6 Å². The van der Waals surface area contributed by atoms with Crippen molar-refractivity contribution >= 4 is 50.4 Å². The molecule has 2 saturated carbocycles. The topological polar surface area (TPSA) is 95.9 Å². The fraction of sp³-hybridized carbons (Fsp3) is 0.333. The Balaban J connectivity index is 0.000000176. The van der Waals surface area contributed by atoms with E-state index in [9.17, 15) is 23.5 Å². The number of nitrogens with zero attached hydrogens (tertiary/aromatic N) is 4. The van der Waals surface area contributed by atoms with Gasteiger partial charge in [0, 0.05) is 18.4 Å². The van der Waals surface area contributed by atoms with Crippen molar-refractivity contribution < 1.29 is 59.2 Å². The number of halogens is 3. The maximum atomic E-state index is 13.5. The molecule has 10 rings (SSSR count). The molecule has 2 aliphatic heterocycles. The van der Waals surface area contributed by atoms with Gasteiger partial charge in [0.25, 0.3) is 11.8 Å². The van der Waals surface area contributed by atoms with E-state index in [4.69, 9.17) is 4.74 Å². The number of benzene rings is 4. The molecule has 4 aromatic carbocycles. The van der Waals surface area contributed by atoms with E-state index in [1.807, 2.05) is 84.3 Å². The smallest absolute Gasteiger partial charge is 1.00 e. The Bertz CT molecular complexity index is 2450. The molecule has 4 heterocycles. The van der Waals surface area contributed by atoms with E-state index >= 15 is 0 Å². The van der Waals surface area contributed by atoms with E-state index < -0.39 is 0 Å². The zero-order chi connectivity index (χ0) is 42.6. The minimum absolute atomic E-state index is 0. The number of aromatic nitrogens is 2. The Morgan fingerprint density at radius 2 is 1.15 bits per heavy atom. The summed E-state index contributed by atoms with van der Waals surface area (Å²) in [6.07, 6.45) is 2.31. The van der Waals surface area contributed by atoms with Gasteiger partial charge in [-0.3, -0.25) is 9.59 Å². The van der Waals surface area contributed by atoms with Gasteiger partial charge in [-0.15, -0.1) is 22.7 Å². The number of thiazole rings is 2. The monoisotopic (exact) mass is 948 g/mol. The molecular formula is C48H48BrF2N4NaO4S2. The molecule has 4 aliphatic rings. The number of aryl methyl sites for hydroxylation is 2. The maximum Gasteiger partial charge on any atom is 1.00 e. The Morgan fingerprint density at radius 1 is 0.710 bits per heavy atom. The molecule has 14 heteroatoms. The van der Waals surface area contributed by atoms with Crippen LogP contribution in [-0.4, -0.2) is 75.1 Å². The fourth-order valence-electron chi connectivity index (χ4n) is 8.50. The molecule has 62 heavy (non-hydrogen) atoms. The van der Waals surface area contributed by atoms with Crippen LogP contribution in [0, 0.1) is 49.2 Å². The van der Waals surface area contributed by atoms with Crippen molar-refractivity contribution in [1.82, 2.24) is 19.8 Å². The second kappa shape index (κ2) is 20.9. The first kappa shape index (κ1) is 46.3. The zero-order valence-corrected chi connectivity index (χ0v) is 40.1. The van der Waals surface area contributed by atoms with Gasteiger partial charge in [-0.1, -0.05) is 101 Å². The number of alkyl halides is 1. The van der Waals surface area contributed by atoms with Crippen molar-refractivity contribution in [1.29, 1.82) is 0 Å². The van der Waals surface area contributed by atoms with E-state index in [1.165, 1.54) is 24.3 Å². The molecule has 1 N–H and O–H groups in total. The Hall–Kier alpha value is -3.66. The largest absolute Gasteiger partial charge is 1.00 e. The predicted octanol–water partition coefficient (Wildman–Crippen LogP) is 7.34. The Kier molecular flexibility index (Phi) is 15.6. The van der Waals surface area contributed by atoms with Crippen molar-refractivity contribution in [3.63, 3.8) is 0 Å². The summed E-state index contributed by atoms with van der Waals surface area (Å²) in [6.45, 7) is 6.38. The van der Waals surface area contributed by atoms with Crippen LogP contribution >= 0.6 is 38.6 Å². The molecule has 6 aromatic rings. The van der Waals surface area contributed by atoms with Gasteiger partial charge in [0.2, 0.25) is 0 Å². The Morgan fingerprint density at radius 3 is 1.60 bits per heavy atom. The second-order valence-corrected chi connectivity index (χ2v) is 19.0. The van der Waals surface area contributed by atoms with Crippen LogP contribution in [0.3, 0.4) is 0 Å². The zero-order valence-electron chi connectivity index (χ0n) is 35.9. The number of ether oxygens (including phenoxy) is 1. The van der Waals surface area contributed by atoms with E-state index in [1.54, 1.807) is 46.9 Å². The summed E-state index contributed by atoms with van der Waals surface area (Å²) >= 11 is 6.38. The van der Waals surface area contributed by atoms with E-state index in [-0.39, 0.29) is 73.1 Å². The minimum atomic E-state index is -0.250. The minimum Gasteiger partial charge on any atom is -1.00 e. The number of likely N-dealkylation sites (tertiary alicyclic amines) is 2. The number of amides is 2. The summed E-state index contributed by atoms with van der Waals surface area (Å²) in [4.78, 5) is 41.2. The van der Waals surface area contributed by atoms with E-state index in [0.29, 0.717) is 48.3 Å². The number of fused-ring (bicyclic) bond motifs is 2. The van der Waals surface area contributed by atoms with Crippen molar-refractivity contribution in [2.24, 2.45) is 23.7 Å². The predicted molar refractivity (Wildman–Crippen MR) is 241 cm³/mol. The molecule has 318 valence electrons. The number of carbonyl (C=O) groups excluding carboxylic acids is 2. The molecule has 8 nitrogen and oxygen atoms in total. The van der Waals surface area contributed by atoms with Crippen LogP contribution in [0.15, 0.2) is 109 Å². The summed E-state index contributed by atoms with van der Waals surface area (Å²) in [7, 11) is 0. The van der Waals surface area contributed by atoms with Crippen LogP contribution in [0.4, 0.5) is 8.78 Å². The van der Waals surface area contributed by atoms with E-state index in [2.05, 4.69) is 25.9 Å².